The van der Waals surface area contributed by atoms with Gasteiger partial charge in [-0.2, -0.15) is 0 Å². The second-order valence-electron chi connectivity index (χ2n) is 8.05. The second-order valence-corrected chi connectivity index (χ2v) is 11.7. The van der Waals surface area contributed by atoms with Crippen LogP contribution in [0.1, 0.15) is 26.5 Å². The minimum absolute atomic E-state index is 0.0320. The summed E-state index contributed by atoms with van der Waals surface area (Å²) in [5.74, 6) is -0.860. The first kappa shape index (κ1) is 24.6. The van der Waals surface area contributed by atoms with E-state index >= 15 is 0 Å². The van der Waals surface area contributed by atoms with Gasteiger partial charge < -0.3 is 11.1 Å². The van der Waals surface area contributed by atoms with E-state index in [0.717, 1.165) is 47.9 Å². The molecule has 0 radical (unpaired) electrons. The van der Waals surface area contributed by atoms with Crippen LogP contribution in [0, 0.1) is 3.95 Å². The number of aryl methyl sites for hydroxylation is 2. The van der Waals surface area contributed by atoms with Crippen molar-refractivity contribution in [1.82, 2.24) is 14.1 Å². The maximum absolute atomic E-state index is 13.3. The monoisotopic (exact) mass is 555 g/mol. The molecule has 0 saturated carbocycles. The van der Waals surface area contributed by atoms with Crippen LogP contribution in [0.4, 0.5) is 5.82 Å². The van der Waals surface area contributed by atoms with Crippen LogP contribution in [0.3, 0.4) is 0 Å². The van der Waals surface area contributed by atoms with Gasteiger partial charge in [0.1, 0.15) is 15.5 Å². The van der Waals surface area contributed by atoms with Crippen molar-refractivity contribution >= 4 is 74.5 Å². The molecule has 184 valence electrons. The minimum Gasteiger partial charge on any atom is -0.365 e. The van der Waals surface area contributed by atoms with Crippen molar-refractivity contribution in [2.45, 2.75) is 31.0 Å². The largest absolute Gasteiger partial charge is 0.365 e. The molecule has 1 aromatic carbocycles. The number of thiazole rings is 1. The summed E-state index contributed by atoms with van der Waals surface area (Å²) in [7, 11) is 0. The summed E-state index contributed by atoms with van der Waals surface area (Å²) in [5, 5.41) is 3.93. The van der Waals surface area contributed by atoms with Gasteiger partial charge in [-0.1, -0.05) is 47.4 Å². The molecule has 1 aliphatic rings. The number of primary amides is 1. The zero-order chi connectivity index (χ0) is 25.4. The number of amides is 2. The molecule has 0 aliphatic heterocycles. The lowest BCUT2D eigenvalue weighted by molar-refractivity contribution is -0.113. The van der Waals surface area contributed by atoms with Crippen LogP contribution < -0.4 is 16.6 Å². The molecule has 3 heterocycles. The van der Waals surface area contributed by atoms with Crippen molar-refractivity contribution in [1.29, 1.82) is 0 Å². The first-order valence-corrected chi connectivity index (χ1v) is 14.1. The Morgan fingerprint density at radius 3 is 2.75 bits per heavy atom. The normalized spacial score (nSPS) is 12.6. The van der Waals surface area contributed by atoms with Gasteiger partial charge in [-0.15, -0.1) is 17.9 Å². The predicted molar refractivity (Wildman–Crippen MR) is 148 cm³/mol. The summed E-state index contributed by atoms with van der Waals surface area (Å²) in [6.45, 7) is 4.06. The van der Waals surface area contributed by atoms with Gasteiger partial charge in [0.25, 0.3) is 11.5 Å². The SMILES string of the molecule is C=CCn1c(SCC(=O)Nc2c(C(N)=O)sc(=S)n2-c2ccccc2)nc2sc3c(c2c1=O)CCC3. The van der Waals surface area contributed by atoms with Crippen molar-refractivity contribution in [2.75, 3.05) is 11.1 Å². The number of thioether (sulfide) groups is 1. The number of anilines is 1. The van der Waals surface area contributed by atoms with Crippen molar-refractivity contribution in [2.24, 2.45) is 5.73 Å². The highest BCUT2D eigenvalue weighted by atomic mass is 32.2. The average molecular weight is 556 g/mol. The molecule has 0 spiro atoms. The van der Waals surface area contributed by atoms with Crippen LogP contribution in [-0.2, 0) is 24.2 Å². The van der Waals surface area contributed by atoms with Gasteiger partial charge in [-0.25, -0.2) is 4.98 Å². The van der Waals surface area contributed by atoms with Crippen molar-refractivity contribution in [3.8, 4) is 5.69 Å². The lowest BCUT2D eigenvalue weighted by Gasteiger charge is -2.13. The smallest absolute Gasteiger partial charge is 0.263 e. The van der Waals surface area contributed by atoms with E-state index < -0.39 is 5.91 Å². The van der Waals surface area contributed by atoms with Gasteiger partial charge in [0.2, 0.25) is 5.91 Å². The molecule has 4 aromatic rings. The van der Waals surface area contributed by atoms with Crippen LogP contribution >= 0.6 is 46.7 Å². The molecular weight excluding hydrogens is 535 g/mol. The zero-order valence-electron chi connectivity index (χ0n) is 19.0. The maximum atomic E-state index is 13.3. The molecule has 3 N–H and O–H groups in total. The Labute approximate surface area is 223 Å². The molecule has 0 bridgehead atoms. The molecule has 3 aromatic heterocycles. The number of nitrogens with zero attached hydrogens (tertiary/aromatic N) is 3. The topological polar surface area (TPSA) is 112 Å². The second kappa shape index (κ2) is 10.1. The molecule has 5 rings (SSSR count). The summed E-state index contributed by atoms with van der Waals surface area (Å²) in [5.41, 5.74) is 7.28. The van der Waals surface area contributed by atoms with E-state index in [4.69, 9.17) is 22.9 Å². The highest BCUT2D eigenvalue weighted by Crippen LogP contribution is 2.36. The summed E-state index contributed by atoms with van der Waals surface area (Å²) in [6.07, 6.45) is 4.56. The molecule has 2 amide bonds. The quantitative estimate of drug-likeness (QED) is 0.143. The van der Waals surface area contributed by atoms with E-state index in [1.807, 2.05) is 30.3 Å². The van der Waals surface area contributed by atoms with Crippen molar-refractivity contribution in [3.63, 3.8) is 0 Å². The van der Waals surface area contributed by atoms with Gasteiger partial charge in [0.15, 0.2) is 9.11 Å². The van der Waals surface area contributed by atoms with Crippen LogP contribution in [0.25, 0.3) is 15.9 Å². The van der Waals surface area contributed by atoms with Crippen LogP contribution in [0.15, 0.2) is 52.9 Å². The number of aromatic nitrogens is 3. The molecule has 36 heavy (non-hydrogen) atoms. The fourth-order valence-corrected chi connectivity index (χ4v) is 7.58. The number of nitrogens with two attached hydrogens (primary N) is 1. The Balaban J connectivity index is 1.44. The summed E-state index contributed by atoms with van der Waals surface area (Å²) in [4.78, 5) is 45.3. The number of allylic oxidation sites excluding steroid dienone is 1. The molecule has 0 saturated heterocycles. The first-order valence-electron chi connectivity index (χ1n) is 11.1. The molecular formula is C24H21N5O3S4. The summed E-state index contributed by atoms with van der Waals surface area (Å²) < 4.78 is 3.56. The highest BCUT2D eigenvalue weighted by molar-refractivity contribution is 7.99. The Hall–Kier alpha value is -3.06. The molecule has 0 unspecified atom stereocenters. The Bertz CT molecular complexity index is 1630. The Morgan fingerprint density at radius 1 is 1.25 bits per heavy atom. The summed E-state index contributed by atoms with van der Waals surface area (Å²) >= 11 is 9.20. The average Bonchev–Trinajstić information content (AvgIpc) is 3.53. The number of fused-ring (bicyclic) bond motifs is 3. The van der Waals surface area contributed by atoms with Crippen LogP contribution in [0.5, 0.6) is 0 Å². The first-order chi connectivity index (χ1) is 17.4. The van der Waals surface area contributed by atoms with Crippen LogP contribution in [0.2, 0.25) is 0 Å². The van der Waals surface area contributed by atoms with E-state index in [1.165, 1.54) is 4.88 Å². The summed E-state index contributed by atoms with van der Waals surface area (Å²) in [6, 6.07) is 9.17. The number of benzene rings is 1. The Kier molecular flexibility index (Phi) is 6.93. The van der Waals surface area contributed by atoms with Crippen molar-refractivity contribution in [3.05, 3.63) is 72.6 Å². The molecule has 0 atom stereocenters. The van der Waals surface area contributed by atoms with Crippen LogP contribution in [-0.4, -0.2) is 31.7 Å². The van der Waals surface area contributed by atoms with Gasteiger partial charge in [-0.05, 0) is 49.2 Å². The maximum Gasteiger partial charge on any atom is 0.263 e. The number of thiophene rings is 1. The third kappa shape index (κ3) is 4.45. The number of rotatable bonds is 8. The minimum atomic E-state index is -0.679. The number of para-hydroxylation sites is 1. The standard InChI is InChI=1S/C24H21N5O3S4/c1-2-11-28-22(32)17-14-9-6-10-15(14)35-21(17)27-23(28)34-12-16(30)26-20-18(19(25)31)36-24(33)29(20)13-7-4-3-5-8-13/h2-5,7-8H,1,6,9-12H2,(H2,25,31)(H,26,30). The number of hydrogen-bond acceptors (Lipinski definition) is 8. The number of hydrogen-bond donors (Lipinski definition) is 2. The molecule has 0 fully saturated rings. The third-order valence-corrected chi connectivity index (χ3v) is 9.29. The lowest BCUT2D eigenvalue weighted by atomic mass is 10.2. The third-order valence-electron chi connectivity index (χ3n) is 5.74. The number of carbonyl (C=O) groups excluding carboxylic acids is 2. The van der Waals surface area contributed by atoms with Crippen molar-refractivity contribution < 1.29 is 9.59 Å². The molecule has 12 heteroatoms. The Morgan fingerprint density at radius 2 is 2.03 bits per heavy atom. The molecule has 1 aliphatic carbocycles. The fraction of sp³-hybridized carbons (Fsp3) is 0.208. The highest BCUT2D eigenvalue weighted by Gasteiger charge is 2.24. The number of nitrogens with one attached hydrogen (secondary N) is 1. The molecule has 8 nitrogen and oxygen atoms in total. The van der Waals surface area contributed by atoms with E-state index in [2.05, 4.69) is 11.9 Å². The fourth-order valence-electron chi connectivity index (χ4n) is 4.22. The van der Waals surface area contributed by atoms with Gasteiger partial charge in [0.05, 0.1) is 11.1 Å². The van der Waals surface area contributed by atoms with Gasteiger partial charge >= 0.3 is 0 Å². The predicted octanol–water partition coefficient (Wildman–Crippen LogP) is 4.54. The van der Waals surface area contributed by atoms with E-state index in [1.54, 1.807) is 26.5 Å². The zero-order valence-corrected chi connectivity index (χ0v) is 22.2. The number of carbonyl (C=O) groups is 2. The van der Waals surface area contributed by atoms with Gasteiger partial charge in [-0.3, -0.25) is 23.5 Å². The van der Waals surface area contributed by atoms with E-state index in [9.17, 15) is 14.4 Å². The van der Waals surface area contributed by atoms with E-state index in [-0.39, 0.29) is 27.9 Å². The van der Waals surface area contributed by atoms with Gasteiger partial charge in [0, 0.05) is 17.1 Å². The van der Waals surface area contributed by atoms with E-state index in [0.29, 0.717) is 31.6 Å². The lowest BCUT2D eigenvalue weighted by Crippen LogP contribution is -2.24.